The van der Waals surface area contributed by atoms with Gasteiger partial charge in [0, 0.05) is 30.7 Å². The fraction of sp³-hybridized carbons (Fsp3) is 0.396. The molecule has 1 aliphatic heterocycles. The lowest BCUT2D eigenvalue weighted by molar-refractivity contribution is -0.346. The van der Waals surface area contributed by atoms with Crippen molar-refractivity contribution in [1.29, 1.82) is 0 Å². The summed E-state index contributed by atoms with van der Waals surface area (Å²) in [5, 5.41) is 40.9. The van der Waals surface area contributed by atoms with Crippen molar-refractivity contribution in [3.05, 3.63) is 154 Å². The molecule has 4 aromatic carbocycles. The molecule has 11 atom stereocenters. The van der Waals surface area contributed by atoms with Gasteiger partial charge in [-0.2, -0.15) is 13.2 Å². The van der Waals surface area contributed by atoms with E-state index in [1.165, 1.54) is 64.1 Å². The summed E-state index contributed by atoms with van der Waals surface area (Å²) in [5.74, 6) is -8.09. The summed E-state index contributed by atoms with van der Waals surface area (Å²) in [5.41, 5.74) is -9.98. The van der Waals surface area contributed by atoms with Crippen molar-refractivity contribution in [2.45, 2.75) is 108 Å². The van der Waals surface area contributed by atoms with Gasteiger partial charge in [-0.25, -0.2) is 14.4 Å². The van der Waals surface area contributed by atoms with Crippen LogP contribution < -0.4 is 5.32 Å². The van der Waals surface area contributed by atoms with Crippen LogP contribution >= 0.6 is 0 Å². The second-order valence-corrected chi connectivity index (χ2v) is 19.2. The number of aliphatic hydroxyl groups is 3. The van der Waals surface area contributed by atoms with Gasteiger partial charge in [0.05, 0.1) is 40.7 Å². The van der Waals surface area contributed by atoms with Crippen LogP contribution in [0.15, 0.2) is 126 Å². The van der Waals surface area contributed by atoms with E-state index in [-0.39, 0.29) is 40.9 Å². The van der Waals surface area contributed by atoms with Gasteiger partial charge in [-0.05, 0) is 73.0 Å². The van der Waals surface area contributed by atoms with Crippen LogP contribution in [-0.2, 0) is 44.2 Å². The highest BCUT2D eigenvalue weighted by molar-refractivity contribution is 5.96. The average Bonchev–Trinajstić information content (AvgIpc) is 3.34. The molecule has 2 unspecified atom stereocenters. The van der Waals surface area contributed by atoms with E-state index < -0.39 is 130 Å². The van der Waals surface area contributed by atoms with E-state index in [0.717, 1.165) is 25.1 Å². The van der Waals surface area contributed by atoms with E-state index >= 15 is 9.59 Å². The Labute approximate surface area is 405 Å². The first-order chi connectivity index (χ1) is 33.4. The number of Topliss-reactive ketones (excluding diaryl/α,β-unsaturated/α-hetero) is 1. The molecule has 0 radical (unpaired) electrons. The number of hydrogen-bond acceptors (Lipinski definition) is 14. The van der Waals surface area contributed by atoms with Gasteiger partial charge in [0.2, 0.25) is 6.10 Å². The number of ether oxygens (including phenoxy) is 5. The highest BCUT2D eigenvalue weighted by atomic mass is 19.4. The van der Waals surface area contributed by atoms with Crippen LogP contribution in [0.3, 0.4) is 0 Å². The van der Waals surface area contributed by atoms with Gasteiger partial charge < -0.3 is 44.3 Å². The highest BCUT2D eigenvalue weighted by Gasteiger charge is 2.78. The summed E-state index contributed by atoms with van der Waals surface area (Å²) in [4.78, 5) is 85.7. The molecule has 3 fully saturated rings. The summed E-state index contributed by atoms with van der Waals surface area (Å²) >= 11 is 0. The Hall–Kier alpha value is -6.73. The molecule has 4 aromatic rings. The Kier molecular flexibility index (Phi) is 13.4. The number of carbonyl (C=O) groups excluding carboxylic acids is 6. The summed E-state index contributed by atoms with van der Waals surface area (Å²) in [6.45, 7) is 6.43. The largest absolute Gasteiger partial charge is 0.455 e. The van der Waals surface area contributed by atoms with Crippen molar-refractivity contribution in [2.75, 3.05) is 6.61 Å². The summed E-state index contributed by atoms with van der Waals surface area (Å²) in [7, 11) is 0. The van der Waals surface area contributed by atoms with E-state index in [2.05, 4.69) is 5.32 Å². The highest BCUT2D eigenvalue weighted by Crippen LogP contribution is 2.64. The topological polar surface area (TPSA) is 221 Å². The second kappa shape index (κ2) is 18.8. The number of esters is 4. The molecule has 0 aromatic heterocycles. The Bertz CT molecular complexity index is 2770. The van der Waals surface area contributed by atoms with Crippen LogP contribution in [0.2, 0.25) is 0 Å². The van der Waals surface area contributed by atoms with Crippen molar-refractivity contribution in [3.8, 4) is 0 Å². The molecular formula is C53H52F3NO14. The van der Waals surface area contributed by atoms with Crippen molar-refractivity contribution >= 4 is 35.6 Å². The van der Waals surface area contributed by atoms with Crippen molar-refractivity contribution in [1.82, 2.24) is 5.32 Å². The fourth-order valence-corrected chi connectivity index (χ4v) is 11.0. The molecule has 15 nitrogen and oxygen atoms in total. The number of alkyl halides is 3. The number of carbonyl (C=O) groups is 6. The molecule has 18 heteroatoms. The van der Waals surface area contributed by atoms with Gasteiger partial charge in [-0.3, -0.25) is 14.4 Å². The SMILES string of the molecule is CC(=O)O[C@@]12CO[C@@H]1C[C@H](O)[C@@]1(C)C(=O)[C@H](O)C3=C(C)[C@@H](OC(=O)[C@H](OC(=O)c4cccc(C(F)(F)F)c4)[C@@H](NC(=O)c4ccccc4)c4ccccc4)C[C@@](O)(C(OC(=O)c4ccccc4)C12)C3(C)C. The number of benzene rings is 4. The number of nitrogens with one attached hydrogen (secondary N) is 1. The molecule has 1 heterocycles. The first-order valence-electron chi connectivity index (χ1n) is 22.9. The maximum Gasteiger partial charge on any atom is 0.416 e. The molecular weight excluding hydrogens is 932 g/mol. The lowest BCUT2D eigenvalue weighted by atomic mass is 9.44. The minimum absolute atomic E-state index is 0.00370. The summed E-state index contributed by atoms with van der Waals surface area (Å²) < 4.78 is 72.0. The number of hydrogen-bond donors (Lipinski definition) is 4. The molecule has 2 saturated carbocycles. The number of amides is 1. The predicted molar refractivity (Wildman–Crippen MR) is 243 cm³/mol. The van der Waals surface area contributed by atoms with Gasteiger partial charge in [0.1, 0.15) is 36.1 Å². The Morgan fingerprint density at radius 1 is 0.803 bits per heavy atom. The van der Waals surface area contributed by atoms with Crippen LogP contribution in [0.4, 0.5) is 13.2 Å². The lowest BCUT2D eigenvalue weighted by Gasteiger charge is -2.67. The van der Waals surface area contributed by atoms with Crippen molar-refractivity contribution < 1.29 is 80.9 Å². The first kappa shape index (κ1) is 50.7. The quantitative estimate of drug-likeness (QED) is 0.0764. The van der Waals surface area contributed by atoms with Crippen molar-refractivity contribution in [3.63, 3.8) is 0 Å². The molecule has 8 rings (SSSR count). The van der Waals surface area contributed by atoms with Gasteiger partial charge in [0.25, 0.3) is 5.91 Å². The van der Waals surface area contributed by atoms with E-state index in [9.17, 15) is 47.7 Å². The van der Waals surface area contributed by atoms with Gasteiger partial charge in [-0.1, -0.05) is 86.6 Å². The Morgan fingerprint density at radius 2 is 1.39 bits per heavy atom. The van der Waals surface area contributed by atoms with E-state index in [1.54, 1.807) is 54.6 Å². The monoisotopic (exact) mass is 983 g/mol. The molecule has 4 N–H and O–H groups in total. The second-order valence-electron chi connectivity index (χ2n) is 19.2. The third-order valence-electron chi connectivity index (χ3n) is 14.9. The third-order valence-corrected chi connectivity index (χ3v) is 14.9. The lowest BCUT2D eigenvalue weighted by Crippen LogP contribution is -2.81. The summed E-state index contributed by atoms with van der Waals surface area (Å²) in [6, 6.07) is 24.7. The molecule has 71 heavy (non-hydrogen) atoms. The Balaban J connectivity index is 1.28. The van der Waals surface area contributed by atoms with Crippen LogP contribution in [0.5, 0.6) is 0 Å². The summed E-state index contributed by atoms with van der Waals surface area (Å²) in [6.07, 6.45) is -16.5. The number of ketones is 1. The predicted octanol–water partition coefficient (Wildman–Crippen LogP) is 6.05. The molecule has 4 aliphatic rings. The van der Waals surface area contributed by atoms with Crippen molar-refractivity contribution in [2.24, 2.45) is 16.7 Å². The van der Waals surface area contributed by atoms with Gasteiger partial charge in [-0.15, -0.1) is 0 Å². The minimum Gasteiger partial charge on any atom is -0.455 e. The van der Waals surface area contributed by atoms with E-state index in [0.29, 0.717) is 6.07 Å². The van der Waals surface area contributed by atoms with Crippen LogP contribution in [0.1, 0.15) is 95.7 Å². The number of aliphatic hydroxyl groups excluding tert-OH is 2. The molecule has 0 spiro atoms. The zero-order chi connectivity index (χ0) is 51.4. The van der Waals surface area contributed by atoms with Crippen LogP contribution in [0.25, 0.3) is 0 Å². The third kappa shape index (κ3) is 8.80. The van der Waals surface area contributed by atoms with Crippen LogP contribution in [0, 0.1) is 16.7 Å². The normalized spacial score (nSPS) is 29.5. The maximum absolute atomic E-state index is 15.2. The van der Waals surface area contributed by atoms with E-state index in [1.807, 2.05) is 0 Å². The maximum atomic E-state index is 15.2. The molecule has 374 valence electrons. The fourth-order valence-electron chi connectivity index (χ4n) is 11.0. The smallest absolute Gasteiger partial charge is 0.416 e. The molecule has 2 bridgehead atoms. The molecule has 1 amide bonds. The first-order valence-corrected chi connectivity index (χ1v) is 22.9. The molecule has 3 aliphatic carbocycles. The zero-order valence-electron chi connectivity index (χ0n) is 39.2. The molecule has 1 saturated heterocycles. The number of rotatable bonds is 11. The minimum atomic E-state index is -4.88. The van der Waals surface area contributed by atoms with Gasteiger partial charge >= 0.3 is 30.1 Å². The standard InChI is InChI=1S/C53H52F3NO14/c1-28-35(68-48(65)41(69-47(64)33-22-15-23-34(24-33)53(54,55)56)39(30-16-9-6-10-17-30)57-45(62)31-18-11-7-12-19-31)26-52(66)44(70-46(63)32-20-13-8-14-21-32)42-50(5,43(61)40(60)38(28)49(52,3)4)36(59)25-37-51(42,27-67-37)71-29(2)58/h6-24,35-37,39-42,44,59-60,66H,25-27H2,1-5H3,(H,57,62)/t35-,36-,37+,39-,40+,41+,42?,44?,50+,51-,52+/m0/s1. The zero-order valence-corrected chi connectivity index (χ0v) is 39.2. The van der Waals surface area contributed by atoms with E-state index in [4.69, 9.17) is 23.7 Å². The number of fused-ring (bicyclic) bond motifs is 5. The Morgan fingerprint density at radius 3 is 1.97 bits per heavy atom. The van der Waals surface area contributed by atoms with Crippen LogP contribution in [-0.4, -0.2) is 105 Å². The average molecular weight is 984 g/mol. The van der Waals surface area contributed by atoms with Gasteiger partial charge in [0.15, 0.2) is 11.4 Å². The number of halogens is 3.